The average Bonchev–Trinajstić information content (AvgIpc) is 3.29. The number of hydrogen-bond acceptors (Lipinski definition) is 6. The second-order valence-electron chi connectivity index (χ2n) is 9.28. The zero-order valence-corrected chi connectivity index (χ0v) is 20.6. The average molecular weight is 504 g/mol. The molecule has 4 aromatic rings. The van der Waals surface area contributed by atoms with Gasteiger partial charge in [-0.15, -0.1) is 0 Å². The van der Waals surface area contributed by atoms with Crippen LogP contribution in [0, 0.1) is 11.7 Å². The molecule has 37 heavy (non-hydrogen) atoms. The summed E-state index contributed by atoms with van der Waals surface area (Å²) in [5.41, 5.74) is 2.62. The first-order chi connectivity index (χ1) is 17.8. The lowest BCUT2D eigenvalue weighted by molar-refractivity contribution is -0.240. The largest absolute Gasteiger partial charge is 0.493 e. The van der Waals surface area contributed by atoms with Crippen LogP contribution in [-0.2, 0) is 25.7 Å². The molecule has 2 heterocycles. The first-order valence-electron chi connectivity index (χ1n) is 11.8. The molecule has 0 spiro atoms. The lowest BCUT2D eigenvalue weighted by Gasteiger charge is -2.36. The van der Waals surface area contributed by atoms with Gasteiger partial charge in [0, 0.05) is 42.4 Å². The van der Waals surface area contributed by atoms with E-state index in [-0.39, 0.29) is 12.4 Å². The number of aromatic nitrogens is 1. The summed E-state index contributed by atoms with van der Waals surface area (Å²) in [4.78, 5) is 29.5. The minimum Gasteiger partial charge on any atom is -0.493 e. The van der Waals surface area contributed by atoms with E-state index in [0.29, 0.717) is 22.6 Å². The van der Waals surface area contributed by atoms with Crippen molar-refractivity contribution in [3.63, 3.8) is 0 Å². The minimum absolute atomic E-state index is 0.00458. The number of hydrogen-bond donors (Lipinski definition) is 1. The molecule has 0 amide bonds. The smallest absolute Gasteiger partial charge is 0.324 e. The summed E-state index contributed by atoms with van der Waals surface area (Å²) >= 11 is 0. The molecule has 1 aliphatic heterocycles. The summed E-state index contributed by atoms with van der Waals surface area (Å²) in [6.45, 7) is 3.04. The second-order valence-corrected chi connectivity index (χ2v) is 9.28. The molecule has 5 rings (SSSR count). The number of rotatable bonds is 7. The Kier molecular flexibility index (Phi) is 6.33. The van der Waals surface area contributed by atoms with Crippen molar-refractivity contribution in [2.75, 3.05) is 7.11 Å². The maximum atomic E-state index is 14.1. The van der Waals surface area contributed by atoms with Crippen molar-refractivity contribution in [2.45, 2.75) is 32.2 Å². The second kappa shape index (κ2) is 9.61. The maximum Gasteiger partial charge on any atom is 0.324 e. The number of nitrogens with one attached hydrogen (secondary N) is 1. The number of para-hydroxylation sites is 1. The molecule has 0 aliphatic carbocycles. The molecule has 8 heteroatoms. The Balaban J connectivity index is 1.56. The van der Waals surface area contributed by atoms with E-state index in [4.69, 9.17) is 18.9 Å². The first-order valence-corrected chi connectivity index (χ1v) is 11.8. The van der Waals surface area contributed by atoms with Crippen molar-refractivity contribution in [1.29, 1.82) is 0 Å². The predicted molar refractivity (Wildman–Crippen MR) is 134 cm³/mol. The SMILES string of the molecule is COc1cc([C@@H](c2c[nH]c3ccccc23)C2C(=O)OC(C)(C)OC2=O)ccc1OCc1ccccc1F. The molecule has 1 atom stereocenters. The fraction of sp³-hybridized carbons (Fsp3) is 0.241. The zero-order chi connectivity index (χ0) is 26.2. The van der Waals surface area contributed by atoms with Gasteiger partial charge in [0.05, 0.1) is 7.11 Å². The molecule has 1 aromatic heterocycles. The van der Waals surface area contributed by atoms with E-state index in [2.05, 4.69) is 4.98 Å². The Bertz CT molecular complexity index is 1460. The van der Waals surface area contributed by atoms with E-state index in [1.165, 1.54) is 27.0 Å². The number of methoxy groups -OCH3 is 1. The van der Waals surface area contributed by atoms with Crippen LogP contribution in [0.1, 0.15) is 36.5 Å². The highest BCUT2D eigenvalue weighted by Gasteiger charge is 2.48. The van der Waals surface area contributed by atoms with Crippen LogP contribution < -0.4 is 9.47 Å². The number of ether oxygens (including phenoxy) is 4. The highest BCUT2D eigenvalue weighted by Crippen LogP contribution is 2.43. The highest BCUT2D eigenvalue weighted by atomic mass is 19.1. The van der Waals surface area contributed by atoms with Gasteiger partial charge in [0.2, 0.25) is 0 Å². The Hall–Kier alpha value is -4.33. The monoisotopic (exact) mass is 503 g/mol. The number of cyclic esters (lactones) is 2. The molecule has 0 unspecified atom stereocenters. The predicted octanol–water partition coefficient (Wildman–Crippen LogP) is 5.48. The van der Waals surface area contributed by atoms with Crippen LogP contribution >= 0.6 is 0 Å². The summed E-state index contributed by atoms with van der Waals surface area (Å²) in [7, 11) is 1.49. The standard InChI is InChI=1S/C29H26FNO6/c1-29(2)36-27(32)26(28(33)37-29)25(20-15-31-22-11-7-5-9-19(20)22)17-12-13-23(24(14-17)34-3)35-16-18-8-4-6-10-21(18)30/h4-15,25-26,31H,16H2,1-3H3/t25-/m0/s1. The van der Waals surface area contributed by atoms with Gasteiger partial charge < -0.3 is 23.9 Å². The number of benzene rings is 3. The van der Waals surface area contributed by atoms with E-state index in [1.54, 1.807) is 42.6 Å². The van der Waals surface area contributed by atoms with E-state index in [9.17, 15) is 14.0 Å². The number of H-pyrrole nitrogens is 1. The molecule has 0 radical (unpaired) electrons. The van der Waals surface area contributed by atoms with Crippen molar-refractivity contribution in [1.82, 2.24) is 4.98 Å². The molecule has 1 N–H and O–H groups in total. The van der Waals surface area contributed by atoms with Gasteiger partial charge in [-0.2, -0.15) is 0 Å². The van der Waals surface area contributed by atoms with Gasteiger partial charge >= 0.3 is 11.9 Å². The summed E-state index contributed by atoms with van der Waals surface area (Å²) in [5, 5.41) is 0.858. The number of carbonyl (C=O) groups is 2. The molecular formula is C29H26FNO6. The third kappa shape index (κ3) is 4.74. The molecule has 0 bridgehead atoms. The summed E-state index contributed by atoms with van der Waals surface area (Å²) in [6, 6.07) is 19.1. The van der Waals surface area contributed by atoms with E-state index >= 15 is 0 Å². The molecule has 190 valence electrons. The number of fused-ring (bicyclic) bond motifs is 1. The zero-order valence-electron chi connectivity index (χ0n) is 20.6. The van der Waals surface area contributed by atoms with Crippen molar-refractivity contribution in [2.24, 2.45) is 5.92 Å². The van der Waals surface area contributed by atoms with Gasteiger partial charge in [-0.25, -0.2) is 4.39 Å². The fourth-order valence-corrected chi connectivity index (χ4v) is 4.67. The first kappa shape index (κ1) is 24.4. The third-order valence-electron chi connectivity index (χ3n) is 6.38. The summed E-state index contributed by atoms with van der Waals surface area (Å²) in [6.07, 6.45) is 1.78. The Morgan fingerprint density at radius 2 is 1.68 bits per heavy atom. The molecule has 1 aliphatic rings. The summed E-state index contributed by atoms with van der Waals surface area (Å²) < 4.78 is 36.4. The van der Waals surface area contributed by atoms with Crippen molar-refractivity contribution < 1.29 is 32.9 Å². The van der Waals surface area contributed by atoms with Crippen LogP contribution in [0.4, 0.5) is 4.39 Å². The van der Waals surface area contributed by atoms with Crippen LogP contribution in [0.3, 0.4) is 0 Å². The lowest BCUT2D eigenvalue weighted by atomic mass is 9.80. The van der Waals surface area contributed by atoms with E-state index in [0.717, 1.165) is 16.5 Å². The van der Waals surface area contributed by atoms with Crippen LogP contribution in [0.25, 0.3) is 10.9 Å². The quantitative estimate of drug-likeness (QED) is 0.266. The molecule has 1 fully saturated rings. The van der Waals surface area contributed by atoms with E-state index in [1.807, 2.05) is 24.3 Å². The minimum atomic E-state index is -1.35. The molecular weight excluding hydrogens is 477 g/mol. The lowest BCUT2D eigenvalue weighted by Crippen LogP contribution is -2.48. The van der Waals surface area contributed by atoms with Gasteiger partial charge in [0.1, 0.15) is 12.4 Å². The normalized spacial score (nSPS) is 16.2. The molecule has 0 saturated carbocycles. The number of carbonyl (C=O) groups excluding carboxylic acids is 2. The van der Waals surface area contributed by atoms with Crippen molar-refractivity contribution >= 4 is 22.8 Å². The number of halogens is 1. The van der Waals surface area contributed by atoms with Crippen molar-refractivity contribution in [3.8, 4) is 11.5 Å². The molecule has 3 aromatic carbocycles. The third-order valence-corrected chi connectivity index (χ3v) is 6.38. The van der Waals surface area contributed by atoms with Gasteiger partial charge in [0.15, 0.2) is 17.4 Å². The maximum absolute atomic E-state index is 14.1. The molecule has 7 nitrogen and oxygen atoms in total. The fourth-order valence-electron chi connectivity index (χ4n) is 4.67. The molecule has 1 saturated heterocycles. The van der Waals surface area contributed by atoms with E-state index < -0.39 is 29.6 Å². The Morgan fingerprint density at radius 3 is 2.41 bits per heavy atom. The van der Waals surface area contributed by atoms with Crippen LogP contribution in [0.5, 0.6) is 11.5 Å². The van der Waals surface area contributed by atoms with Gasteiger partial charge in [-0.1, -0.05) is 42.5 Å². The van der Waals surface area contributed by atoms with Crippen LogP contribution in [0.2, 0.25) is 0 Å². The Labute approximate surface area is 213 Å². The van der Waals surface area contributed by atoms with Crippen molar-refractivity contribution in [3.05, 3.63) is 95.4 Å². The number of aromatic amines is 1. The Morgan fingerprint density at radius 1 is 0.973 bits per heavy atom. The van der Waals surface area contributed by atoms with Gasteiger partial charge in [-0.05, 0) is 35.4 Å². The van der Waals surface area contributed by atoms with Crippen LogP contribution in [-0.4, -0.2) is 29.8 Å². The van der Waals surface area contributed by atoms with Crippen LogP contribution in [0.15, 0.2) is 72.9 Å². The number of esters is 2. The van der Waals surface area contributed by atoms with Gasteiger partial charge in [0.25, 0.3) is 5.79 Å². The van der Waals surface area contributed by atoms with Gasteiger partial charge in [-0.3, -0.25) is 9.59 Å². The summed E-state index contributed by atoms with van der Waals surface area (Å²) in [5.74, 6) is -4.26. The highest BCUT2D eigenvalue weighted by molar-refractivity contribution is 5.99. The topological polar surface area (TPSA) is 86.9 Å².